The maximum atomic E-state index is 11.7. The second kappa shape index (κ2) is 6.27. The molecule has 4 heteroatoms. The lowest BCUT2D eigenvalue weighted by Crippen LogP contribution is -2.31. The molecule has 1 rings (SSSR count). The molecule has 15 heavy (non-hydrogen) atoms. The SMILES string of the molecule is NCCCC[C@H](N)C(=O)c1ccccn1. The third-order valence-corrected chi connectivity index (χ3v) is 2.22. The highest BCUT2D eigenvalue weighted by Crippen LogP contribution is 2.04. The van der Waals surface area contributed by atoms with Gasteiger partial charge in [0, 0.05) is 6.20 Å². The summed E-state index contributed by atoms with van der Waals surface area (Å²) in [4.78, 5) is 15.7. The number of unbranched alkanes of at least 4 members (excludes halogenated alkanes) is 1. The largest absolute Gasteiger partial charge is 0.330 e. The Morgan fingerprint density at radius 1 is 1.40 bits per heavy atom. The molecular weight excluding hydrogens is 190 g/mol. The molecule has 0 aliphatic rings. The number of hydrogen-bond acceptors (Lipinski definition) is 4. The van der Waals surface area contributed by atoms with E-state index in [1.807, 2.05) is 0 Å². The van der Waals surface area contributed by atoms with Gasteiger partial charge in [-0.05, 0) is 31.5 Å². The molecule has 82 valence electrons. The van der Waals surface area contributed by atoms with Crippen molar-refractivity contribution < 1.29 is 4.79 Å². The van der Waals surface area contributed by atoms with Crippen molar-refractivity contribution in [2.45, 2.75) is 25.3 Å². The minimum Gasteiger partial charge on any atom is -0.330 e. The van der Waals surface area contributed by atoms with Crippen molar-refractivity contribution in [3.8, 4) is 0 Å². The number of ketones is 1. The second-order valence-electron chi connectivity index (χ2n) is 3.47. The van der Waals surface area contributed by atoms with Crippen LogP contribution in [0.15, 0.2) is 24.4 Å². The number of Topliss-reactive ketones (excluding diaryl/α,β-unsaturated/α-hetero) is 1. The summed E-state index contributed by atoms with van der Waals surface area (Å²) in [7, 11) is 0. The van der Waals surface area contributed by atoms with Crippen LogP contribution in [0.5, 0.6) is 0 Å². The van der Waals surface area contributed by atoms with Gasteiger partial charge in [0.2, 0.25) is 0 Å². The molecule has 0 aliphatic carbocycles. The molecule has 0 unspecified atom stereocenters. The molecule has 1 aromatic rings. The normalized spacial score (nSPS) is 12.4. The molecular formula is C11H17N3O. The lowest BCUT2D eigenvalue weighted by Gasteiger charge is -2.08. The van der Waals surface area contributed by atoms with Crippen molar-refractivity contribution in [2.24, 2.45) is 11.5 Å². The van der Waals surface area contributed by atoms with Crippen LogP contribution in [0.25, 0.3) is 0 Å². The molecule has 0 amide bonds. The van der Waals surface area contributed by atoms with Gasteiger partial charge >= 0.3 is 0 Å². The highest BCUT2D eigenvalue weighted by molar-refractivity contribution is 5.98. The van der Waals surface area contributed by atoms with Gasteiger partial charge in [0.1, 0.15) is 5.69 Å². The zero-order chi connectivity index (χ0) is 11.1. The van der Waals surface area contributed by atoms with Gasteiger partial charge in [0.05, 0.1) is 6.04 Å². The van der Waals surface area contributed by atoms with Crippen molar-refractivity contribution in [3.05, 3.63) is 30.1 Å². The number of hydrogen-bond donors (Lipinski definition) is 2. The number of carbonyl (C=O) groups excluding carboxylic acids is 1. The first-order valence-electron chi connectivity index (χ1n) is 5.16. The highest BCUT2D eigenvalue weighted by atomic mass is 16.1. The van der Waals surface area contributed by atoms with Crippen molar-refractivity contribution in [3.63, 3.8) is 0 Å². The van der Waals surface area contributed by atoms with E-state index in [1.54, 1.807) is 24.4 Å². The van der Waals surface area contributed by atoms with E-state index in [0.717, 1.165) is 12.8 Å². The summed E-state index contributed by atoms with van der Waals surface area (Å²) in [6.07, 6.45) is 4.06. The zero-order valence-electron chi connectivity index (χ0n) is 8.73. The molecule has 0 spiro atoms. The second-order valence-corrected chi connectivity index (χ2v) is 3.47. The Kier molecular flexibility index (Phi) is 4.93. The Labute approximate surface area is 89.7 Å². The number of nitrogens with two attached hydrogens (primary N) is 2. The summed E-state index contributed by atoms with van der Waals surface area (Å²) in [5.41, 5.74) is 11.6. The summed E-state index contributed by atoms with van der Waals surface area (Å²) in [5.74, 6) is -0.0902. The number of pyridine rings is 1. The molecule has 4 N–H and O–H groups in total. The van der Waals surface area contributed by atoms with Gasteiger partial charge < -0.3 is 11.5 Å². The van der Waals surface area contributed by atoms with Gasteiger partial charge in [-0.3, -0.25) is 9.78 Å². The van der Waals surface area contributed by atoms with Crippen LogP contribution in [0.1, 0.15) is 29.8 Å². The fraction of sp³-hybridized carbons (Fsp3) is 0.455. The van der Waals surface area contributed by atoms with E-state index < -0.39 is 6.04 Å². The van der Waals surface area contributed by atoms with Crippen LogP contribution in [0.3, 0.4) is 0 Å². The van der Waals surface area contributed by atoms with E-state index in [2.05, 4.69) is 4.98 Å². The number of carbonyl (C=O) groups is 1. The van der Waals surface area contributed by atoms with Crippen molar-refractivity contribution in [2.75, 3.05) is 6.54 Å². The lowest BCUT2D eigenvalue weighted by molar-refractivity contribution is 0.0951. The summed E-state index contributed by atoms with van der Waals surface area (Å²) < 4.78 is 0. The van der Waals surface area contributed by atoms with E-state index in [1.165, 1.54) is 0 Å². The van der Waals surface area contributed by atoms with Crippen LogP contribution in [-0.4, -0.2) is 23.4 Å². The molecule has 1 aromatic heterocycles. The maximum Gasteiger partial charge on any atom is 0.197 e. The Balaban J connectivity index is 2.46. The molecule has 1 atom stereocenters. The summed E-state index contributed by atoms with van der Waals surface area (Å²) in [6.45, 7) is 0.643. The standard InChI is InChI=1S/C11H17N3O/c12-7-3-1-5-9(13)11(15)10-6-2-4-8-14-10/h2,4,6,8-9H,1,3,5,7,12-13H2/t9-/m0/s1. The molecule has 4 nitrogen and oxygen atoms in total. The fourth-order valence-electron chi connectivity index (χ4n) is 1.34. The van der Waals surface area contributed by atoms with E-state index in [0.29, 0.717) is 18.7 Å². The van der Waals surface area contributed by atoms with Crippen LogP contribution in [0, 0.1) is 0 Å². The summed E-state index contributed by atoms with van der Waals surface area (Å²) >= 11 is 0. The van der Waals surface area contributed by atoms with Crippen molar-refractivity contribution in [1.29, 1.82) is 0 Å². The van der Waals surface area contributed by atoms with Crippen LogP contribution < -0.4 is 11.5 Å². The first-order chi connectivity index (χ1) is 7.25. The minimum absolute atomic E-state index is 0.0902. The van der Waals surface area contributed by atoms with Crippen molar-refractivity contribution in [1.82, 2.24) is 4.98 Å². The number of nitrogens with zero attached hydrogens (tertiary/aromatic N) is 1. The minimum atomic E-state index is -0.452. The average molecular weight is 207 g/mol. The van der Waals surface area contributed by atoms with Gasteiger partial charge in [-0.2, -0.15) is 0 Å². The van der Waals surface area contributed by atoms with Gasteiger partial charge in [-0.1, -0.05) is 12.5 Å². The quantitative estimate of drug-likeness (QED) is 0.532. The number of rotatable bonds is 6. The first kappa shape index (κ1) is 11.8. The lowest BCUT2D eigenvalue weighted by atomic mass is 10.0. The predicted molar refractivity (Wildman–Crippen MR) is 59.4 cm³/mol. The molecule has 0 saturated heterocycles. The molecule has 0 aliphatic heterocycles. The molecule has 0 saturated carbocycles. The molecule has 0 radical (unpaired) electrons. The van der Waals surface area contributed by atoms with Crippen LogP contribution in [0.4, 0.5) is 0 Å². The van der Waals surface area contributed by atoms with Crippen LogP contribution in [0.2, 0.25) is 0 Å². The fourth-order valence-corrected chi connectivity index (χ4v) is 1.34. The summed E-state index contributed by atoms with van der Waals surface area (Å²) in [5, 5.41) is 0. The van der Waals surface area contributed by atoms with Gasteiger partial charge in [0.15, 0.2) is 5.78 Å². The molecule has 1 heterocycles. The topological polar surface area (TPSA) is 82.0 Å². The Morgan fingerprint density at radius 2 is 2.20 bits per heavy atom. The molecule has 0 aromatic carbocycles. The van der Waals surface area contributed by atoms with Crippen molar-refractivity contribution >= 4 is 5.78 Å². The molecule has 0 fully saturated rings. The highest BCUT2D eigenvalue weighted by Gasteiger charge is 2.15. The Morgan fingerprint density at radius 3 is 2.80 bits per heavy atom. The third-order valence-electron chi connectivity index (χ3n) is 2.22. The Hall–Kier alpha value is -1.26. The third kappa shape index (κ3) is 3.77. The van der Waals surface area contributed by atoms with Crippen LogP contribution >= 0.6 is 0 Å². The first-order valence-corrected chi connectivity index (χ1v) is 5.16. The van der Waals surface area contributed by atoms with E-state index in [-0.39, 0.29) is 5.78 Å². The predicted octanol–water partition coefficient (Wildman–Crippen LogP) is 0.721. The van der Waals surface area contributed by atoms with Gasteiger partial charge in [-0.15, -0.1) is 0 Å². The Bertz CT molecular complexity index is 300. The van der Waals surface area contributed by atoms with E-state index in [9.17, 15) is 4.79 Å². The average Bonchev–Trinajstić information content (AvgIpc) is 2.29. The zero-order valence-corrected chi connectivity index (χ0v) is 8.73. The maximum absolute atomic E-state index is 11.7. The monoisotopic (exact) mass is 207 g/mol. The van der Waals surface area contributed by atoms with E-state index in [4.69, 9.17) is 11.5 Å². The van der Waals surface area contributed by atoms with Crippen LogP contribution in [-0.2, 0) is 0 Å². The molecule has 0 bridgehead atoms. The van der Waals surface area contributed by atoms with E-state index >= 15 is 0 Å². The smallest absolute Gasteiger partial charge is 0.197 e. The summed E-state index contributed by atoms with van der Waals surface area (Å²) in [6, 6.07) is 4.79. The number of aromatic nitrogens is 1. The van der Waals surface area contributed by atoms with Gasteiger partial charge in [0.25, 0.3) is 0 Å². The van der Waals surface area contributed by atoms with Gasteiger partial charge in [-0.25, -0.2) is 0 Å².